The van der Waals surface area contributed by atoms with Gasteiger partial charge < -0.3 is 34.3 Å². The molecule has 0 aliphatic carbocycles. The highest BCUT2D eigenvalue weighted by molar-refractivity contribution is 6.13. The number of rotatable bonds is 13. The number of nitrogens with one attached hydrogen (secondary N) is 2. The maximum absolute atomic E-state index is 13.5. The molecule has 11 heteroatoms. The molecule has 0 fully saturated rings. The van der Waals surface area contributed by atoms with Crippen LogP contribution in [-0.2, 0) is 9.47 Å². The molecule has 3 aromatic carbocycles. The monoisotopic (exact) mass is 606 g/mol. The van der Waals surface area contributed by atoms with Crippen LogP contribution in [0.2, 0.25) is 0 Å². The van der Waals surface area contributed by atoms with Crippen molar-refractivity contribution in [1.82, 2.24) is 0 Å². The molecule has 0 aliphatic heterocycles. The highest BCUT2D eigenvalue weighted by atomic mass is 16.5. The van der Waals surface area contributed by atoms with Crippen LogP contribution in [0.4, 0.5) is 11.4 Å². The fourth-order valence-corrected chi connectivity index (χ4v) is 3.99. The topological polar surface area (TPSA) is 138 Å². The number of hydrogen-bond donors (Lipinski definition) is 2. The van der Waals surface area contributed by atoms with Crippen molar-refractivity contribution in [2.45, 2.75) is 27.7 Å². The molecule has 0 heterocycles. The van der Waals surface area contributed by atoms with Gasteiger partial charge in [0.2, 0.25) is 0 Å². The number of ether oxygens (including phenoxy) is 5. The molecule has 3 rings (SSSR count). The Balaban J connectivity index is 1.92. The first kappa shape index (κ1) is 33.4. The largest absolute Gasteiger partial charge is 0.495 e. The summed E-state index contributed by atoms with van der Waals surface area (Å²) in [7, 11) is 3.91. The van der Waals surface area contributed by atoms with E-state index in [2.05, 4.69) is 10.6 Å². The Hall–Kier alpha value is -5.06. The van der Waals surface area contributed by atoms with Crippen molar-refractivity contribution in [3.05, 3.63) is 76.9 Å². The minimum atomic E-state index is -0.569. The van der Waals surface area contributed by atoms with Crippen molar-refractivity contribution in [3.63, 3.8) is 0 Å². The van der Waals surface area contributed by atoms with Gasteiger partial charge in [-0.1, -0.05) is 33.8 Å². The van der Waals surface area contributed by atoms with Gasteiger partial charge in [-0.05, 0) is 60.4 Å². The van der Waals surface area contributed by atoms with Crippen LogP contribution >= 0.6 is 0 Å². The molecule has 0 saturated carbocycles. The molecule has 2 amide bonds. The molecule has 0 spiro atoms. The van der Waals surface area contributed by atoms with Gasteiger partial charge in [0.25, 0.3) is 11.8 Å². The molecule has 0 atom stereocenters. The van der Waals surface area contributed by atoms with Gasteiger partial charge in [-0.2, -0.15) is 0 Å². The van der Waals surface area contributed by atoms with E-state index in [0.717, 1.165) is 0 Å². The molecule has 0 unspecified atom stereocenters. The van der Waals surface area contributed by atoms with E-state index in [9.17, 15) is 19.2 Å². The van der Waals surface area contributed by atoms with Crippen LogP contribution in [0.15, 0.2) is 54.6 Å². The third kappa shape index (κ3) is 8.50. The third-order valence-corrected chi connectivity index (χ3v) is 6.15. The second-order valence-corrected chi connectivity index (χ2v) is 10.6. The highest BCUT2D eigenvalue weighted by Gasteiger charge is 2.23. The Morgan fingerprint density at radius 1 is 0.636 bits per heavy atom. The molecule has 2 N–H and O–H groups in total. The predicted molar refractivity (Wildman–Crippen MR) is 165 cm³/mol. The molecule has 0 saturated heterocycles. The number of methoxy groups -OCH3 is 3. The summed E-state index contributed by atoms with van der Waals surface area (Å²) in [4.78, 5) is 51.1. The van der Waals surface area contributed by atoms with Gasteiger partial charge in [-0.3, -0.25) is 9.59 Å². The summed E-state index contributed by atoms with van der Waals surface area (Å²) < 4.78 is 26.9. The van der Waals surface area contributed by atoms with Gasteiger partial charge in [-0.25, -0.2) is 9.59 Å². The molecular formula is C33H38N2O9. The lowest BCUT2D eigenvalue weighted by molar-refractivity contribution is 0.0591. The molecule has 0 bridgehead atoms. The Morgan fingerprint density at radius 2 is 1.05 bits per heavy atom. The summed E-state index contributed by atoms with van der Waals surface area (Å²) in [5.74, 6) is -1.26. The molecular weight excluding hydrogens is 568 g/mol. The molecule has 11 nitrogen and oxygen atoms in total. The first-order chi connectivity index (χ1) is 21.0. The first-order valence-corrected chi connectivity index (χ1v) is 14.0. The van der Waals surface area contributed by atoms with Crippen LogP contribution in [0.1, 0.15) is 69.1 Å². The second-order valence-electron chi connectivity index (χ2n) is 10.6. The zero-order valence-corrected chi connectivity index (χ0v) is 25.9. The zero-order chi connectivity index (χ0) is 32.4. The van der Waals surface area contributed by atoms with Crippen LogP contribution in [0.3, 0.4) is 0 Å². The van der Waals surface area contributed by atoms with E-state index >= 15 is 0 Å². The molecule has 0 radical (unpaired) electrons. The molecule has 3 aromatic rings. The number of hydrogen-bond acceptors (Lipinski definition) is 9. The smallest absolute Gasteiger partial charge is 0.337 e. The quantitative estimate of drug-likeness (QED) is 0.230. The number of esters is 2. The van der Waals surface area contributed by atoms with E-state index in [1.54, 1.807) is 18.2 Å². The fraction of sp³-hybridized carbons (Fsp3) is 0.333. The van der Waals surface area contributed by atoms with Crippen LogP contribution in [-0.4, -0.2) is 58.3 Å². The Bertz CT molecular complexity index is 1410. The normalized spacial score (nSPS) is 10.7. The second kappa shape index (κ2) is 15.4. The predicted octanol–water partition coefficient (Wildman–Crippen LogP) is 5.84. The molecule has 234 valence electrons. The fourth-order valence-electron chi connectivity index (χ4n) is 3.99. The Labute approximate surface area is 256 Å². The summed E-state index contributed by atoms with van der Waals surface area (Å²) >= 11 is 0. The maximum atomic E-state index is 13.5. The van der Waals surface area contributed by atoms with E-state index in [0.29, 0.717) is 24.6 Å². The first-order valence-electron chi connectivity index (χ1n) is 14.0. The van der Waals surface area contributed by atoms with Gasteiger partial charge >= 0.3 is 11.9 Å². The number of carbonyl (C=O) groups is 4. The summed E-state index contributed by atoms with van der Waals surface area (Å²) in [6.07, 6.45) is 0. The number of anilines is 2. The Morgan fingerprint density at radius 3 is 1.39 bits per heavy atom. The number of para-hydroxylation sites is 1. The van der Waals surface area contributed by atoms with Crippen molar-refractivity contribution >= 4 is 35.1 Å². The molecule has 0 aromatic heterocycles. The van der Waals surface area contributed by atoms with E-state index in [-0.39, 0.29) is 51.3 Å². The highest BCUT2D eigenvalue weighted by Crippen LogP contribution is 2.32. The van der Waals surface area contributed by atoms with Crippen LogP contribution < -0.4 is 24.8 Å². The summed E-state index contributed by atoms with van der Waals surface area (Å²) in [6, 6.07) is 13.7. The zero-order valence-electron chi connectivity index (χ0n) is 25.9. The molecule has 0 aliphatic rings. The lowest BCUT2D eigenvalue weighted by Crippen LogP contribution is -2.19. The van der Waals surface area contributed by atoms with Crippen LogP contribution in [0, 0.1) is 11.8 Å². The minimum absolute atomic E-state index is 0.0363. The van der Waals surface area contributed by atoms with Crippen molar-refractivity contribution in [2.75, 3.05) is 45.2 Å². The number of amides is 2. The lowest BCUT2D eigenvalue weighted by atomic mass is 10.1. The van der Waals surface area contributed by atoms with Gasteiger partial charge in [0, 0.05) is 0 Å². The van der Waals surface area contributed by atoms with E-state index in [1.165, 1.54) is 57.7 Å². The lowest BCUT2D eigenvalue weighted by Gasteiger charge is -2.18. The number of benzene rings is 3. The average Bonchev–Trinajstić information content (AvgIpc) is 3.02. The van der Waals surface area contributed by atoms with Crippen molar-refractivity contribution in [3.8, 4) is 17.2 Å². The van der Waals surface area contributed by atoms with Crippen molar-refractivity contribution in [1.29, 1.82) is 0 Å². The van der Waals surface area contributed by atoms with E-state index < -0.39 is 23.8 Å². The number of carbonyl (C=O) groups excluding carboxylic acids is 4. The van der Waals surface area contributed by atoms with E-state index in [4.69, 9.17) is 23.7 Å². The van der Waals surface area contributed by atoms with Gasteiger partial charge in [0.1, 0.15) is 17.2 Å². The van der Waals surface area contributed by atoms with Crippen LogP contribution in [0.5, 0.6) is 17.2 Å². The summed E-state index contributed by atoms with van der Waals surface area (Å²) in [5.41, 5.74) is 1.33. The Kier molecular flexibility index (Phi) is 11.7. The third-order valence-electron chi connectivity index (χ3n) is 6.15. The SMILES string of the molecule is COC(=O)c1ccc(NC(=O)c2cccc(C(=O)Nc3ccc(C(=O)OC)cc3OCC(C)C)c2OC)c(OCC(C)C)c1. The van der Waals surface area contributed by atoms with E-state index in [1.807, 2.05) is 27.7 Å². The van der Waals surface area contributed by atoms with Crippen molar-refractivity contribution < 1.29 is 42.9 Å². The maximum Gasteiger partial charge on any atom is 0.337 e. The van der Waals surface area contributed by atoms with Gasteiger partial charge in [-0.15, -0.1) is 0 Å². The van der Waals surface area contributed by atoms with Gasteiger partial charge in [0.15, 0.2) is 0 Å². The summed E-state index contributed by atoms with van der Waals surface area (Å²) in [6.45, 7) is 8.56. The standard InChI is InChI=1S/C33H38N2O9/c1-19(2)17-43-27-15-21(32(38)41-6)11-13-25(27)34-30(36)23-9-8-10-24(29(23)40-5)31(37)35-26-14-12-22(33(39)42-7)16-28(26)44-18-20(3)4/h8-16,19-20H,17-18H2,1-7H3,(H,34,36)(H,35,37). The van der Waals surface area contributed by atoms with Crippen LogP contribution in [0.25, 0.3) is 0 Å². The minimum Gasteiger partial charge on any atom is -0.495 e. The van der Waals surface area contributed by atoms with Gasteiger partial charge in [0.05, 0.1) is 68.2 Å². The molecule has 44 heavy (non-hydrogen) atoms. The summed E-state index contributed by atoms with van der Waals surface area (Å²) in [5, 5.41) is 5.58. The average molecular weight is 607 g/mol. The van der Waals surface area contributed by atoms with Crippen molar-refractivity contribution in [2.24, 2.45) is 11.8 Å².